The second-order valence-electron chi connectivity index (χ2n) is 5.60. The van der Waals surface area contributed by atoms with E-state index in [2.05, 4.69) is 33.8 Å². The zero-order valence-corrected chi connectivity index (χ0v) is 13.0. The summed E-state index contributed by atoms with van der Waals surface area (Å²) in [5, 5.41) is 6.95. The average molecular weight is 307 g/mol. The van der Waals surface area contributed by atoms with E-state index in [0.29, 0.717) is 13.1 Å². The van der Waals surface area contributed by atoms with Crippen molar-refractivity contribution in [1.82, 2.24) is 15.6 Å². The number of urea groups is 1. The Bertz CT molecular complexity index is 764. The number of fused-ring (bicyclic) bond motifs is 1. The van der Waals surface area contributed by atoms with Crippen LogP contribution in [0, 0.1) is 0 Å². The van der Waals surface area contributed by atoms with Crippen molar-refractivity contribution < 1.29 is 4.79 Å². The predicted octanol–water partition coefficient (Wildman–Crippen LogP) is 3.60. The first-order valence-corrected chi connectivity index (χ1v) is 7.93. The number of aromatic nitrogens is 1. The van der Waals surface area contributed by atoms with Crippen molar-refractivity contribution in [3.63, 3.8) is 0 Å². The first-order chi connectivity index (χ1) is 11.3. The number of carbonyl (C=O) groups excluding carboxylic acids is 1. The van der Waals surface area contributed by atoms with E-state index in [1.807, 2.05) is 42.6 Å². The number of H-pyrrole nitrogens is 1. The van der Waals surface area contributed by atoms with Gasteiger partial charge in [-0.25, -0.2) is 4.79 Å². The van der Waals surface area contributed by atoms with Gasteiger partial charge in [-0.15, -0.1) is 0 Å². The van der Waals surface area contributed by atoms with Gasteiger partial charge < -0.3 is 15.6 Å². The third kappa shape index (κ3) is 4.36. The molecule has 0 saturated carbocycles. The molecule has 0 fully saturated rings. The maximum atomic E-state index is 11.8. The summed E-state index contributed by atoms with van der Waals surface area (Å²) >= 11 is 0. The van der Waals surface area contributed by atoms with Crippen LogP contribution in [0.5, 0.6) is 0 Å². The molecule has 0 unspecified atom stereocenters. The molecule has 0 bridgehead atoms. The Morgan fingerprint density at radius 2 is 1.83 bits per heavy atom. The van der Waals surface area contributed by atoms with E-state index >= 15 is 0 Å². The van der Waals surface area contributed by atoms with E-state index in [1.165, 1.54) is 5.56 Å². The minimum atomic E-state index is -0.118. The van der Waals surface area contributed by atoms with Crippen LogP contribution in [0.1, 0.15) is 17.5 Å². The van der Waals surface area contributed by atoms with Crippen LogP contribution < -0.4 is 10.6 Å². The van der Waals surface area contributed by atoms with Crippen molar-refractivity contribution in [3.05, 3.63) is 71.9 Å². The van der Waals surface area contributed by atoms with E-state index in [4.69, 9.17) is 0 Å². The van der Waals surface area contributed by atoms with Crippen LogP contribution in [-0.2, 0) is 13.0 Å². The Labute approximate surface area is 135 Å². The summed E-state index contributed by atoms with van der Waals surface area (Å²) in [7, 11) is 0. The summed E-state index contributed by atoms with van der Waals surface area (Å²) in [5.41, 5.74) is 3.50. The van der Waals surface area contributed by atoms with Crippen molar-refractivity contribution >= 4 is 16.9 Å². The Morgan fingerprint density at radius 1 is 0.957 bits per heavy atom. The molecule has 0 spiro atoms. The van der Waals surface area contributed by atoms with Gasteiger partial charge in [-0.3, -0.25) is 0 Å². The minimum absolute atomic E-state index is 0.118. The molecule has 0 atom stereocenters. The van der Waals surface area contributed by atoms with Crippen molar-refractivity contribution in [2.45, 2.75) is 19.4 Å². The normalized spacial score (nSPS) is 10.6. The zero-order valence-electron chi connectivity index (χ0n) is 13.0. The van der Waals surface area contributed by atoms with Crippen LogP contribution in [0.15, 0.2) is 60.8 Å². The first-order valence-electron chi connectivity index (χ1n) is 7.93. The highest BCUT2D eigenvalue weighted by Crippen LogP contribution is 2.13. The van der Waals surface area contributed by atoms with Crippen LogP contribution >= 0.6 is 0 Å². The maximum absolute atomic E-state index is 11.8. The van der Waals surface area contributed by atoms with Gasteiger partial charge in [0.15, 0.2) is 0 Å². The van der Waals surface area contributed by atoms with Crippen LogP contribution in [0.4, 0.5) is 4.79 Å². The lowest BCUT2D eigenvalue weighted by molar-refractivity contribution is 0.240. The fourth-order valence-corrected chi connectivity index (χ4v) is 2.60. The molecule has 0 aliphatic heterocycles. The predicted molar refractivity (Wildman–Crippen MR) is 93.3 cm³/mol. The molecule has 0 saturated heterocycles. The highest BCUT2D eigenvalue weighted by atomic mass is 16.2. The molecule has 0 aliphatic rings. The molecule has 3 aromatic rings. The van der Waals surface area contributed by atoms with Crippen LogP contribution in [-0.4, -0.2) is 17.6 Å². The number of aryl methyl sites for hydroxylation is 1. The number of rotatable bonds is 6. The lowest BCUT2D eigenvalue weighted by Gasteiger charge is -2.08. The second-order valence-corrected chi connectivity index (χ2v) is 5.60. The van der Waals surface area contributed by atoms with Crippen molar-refractivity contribution in [1.29, 1.82) is 0 Å². The summed E-state index contributed by atoms with van der Waals surface area (Å²) in [6.45, 7) is 1.21. The van der Waals surface area contributed by atoms with Crippen LogP contribution in [0.25, 0.3) is 10.9 Å². The van der Waals surface area contributed by atoms with Gasteiger partial charge >= 0.3 is 6.03 Å². The summed E-state index contributed by atoms with van der Waals surface area (Å²) < 4.78 is 0. The van der Waals surface area contributed by atoms with Gasteiger partial charge in [0.25, 0.3) is 0 Å². The Hall–Kier alpha value is -2.75. The number of aromatic amines is 1. The topological polar surface area (TPSA) is 56.9 Å². The van der Waals surface area contributed by atoms with Crippen LogP contribution in [0.2, 0.25) is 0 Å². The summed E-state index contributed by atoms with van der Waals surface area (Å²) in [5.74, 6) is 0. The smallest absolute Gasteiger partial charge is 0.315 e. The lowest BCUT2D eigenvalue weighted by atomic mass is 10.1. The Balaban J connectivity index is 1.37. The Kier molecular flexibility index (Phi) is 4.94. The second kappa shape index (κ2) is 7.49. The van der Waals surface area contributed by atoms with Gasteiger partial charge in [0.2, 0.25) is 0 Å². The molecule has 3 rings (SSSR count). The zero-order chi connectivity index (χ0) is 15.9. The third-order valence-electron chi connectivity index (χ3n) is 3.84. The molecule has 2 amide bonds. The molecule has 4 nitrogen and oxygen atoms in total. The van der Waals surface area contributed by atoms with Gasteiger partial charge in [-0.1, -0.05) is 36.4 Å². The summed E-state index contributed by atoms with van der Waals surface area (Å²) in [6, 6.07) is 18.4. The molecular formula is C19H21N3O. The summed E-state index contributed by atoms with van der Waals surface area (Å²) in [6.07, 6.45) is 3.83. The fraction of sp³-hybridized carbons (Fsp3) is 0.211. The fourth-order valence-electron chi connectivity index (χ4n) is 2.60. The Morgan fingerprint density at radius 3 is 2.70 bits per heavy atom. The van der Waals surface area contributed by atoms with Crippen molar-refractivity contribution in [3.8, 4) is 0 Å². The number of benzene rings is 2. The summed E-state index contributed by atoms with van der Waals surface area (Å²) in [4.78, 5) is 15.0. The van der Waals surface area contributed by atoms with Gasteiger partial charge in [0, 0.05) is 24.8 Å². The van der Waals surface area contributed by atoms with Gasteiger partial charge in [-0.05, 0) is 47.6 Å². The first kappa shape index (κ1) is 15.2. The molecule has 0 radical (unpaired) electrons. The average Bonchev–Trinajstić information content (AvgIpc) is 3.05. The molecule has 4 heteroatoms. The molecular weight excluding hydrogens is 286 g/mol. The van der Waals surface area contributed by atoms with E-state index in [-0.39, 0.29) is 6.03 Å². The van der Waals surface area contributed by atoms with Crippen molar-refractivity contribution in [2.75, 3.05) is 6.54 Å². The van der Waals surface area contributed by atoms with E-state index in [9.17, 15) is 4.79 Å². The minimum Gasteiger partial charge on any atom is -0.361 e. The quantitative estimate of drug-likeness (QED) is 0.599. The number of nitrogens with one attached hydrogen (secondary N) is 3. The molecule has 118 valence electrons. The number of hydrogen-bond acceptors (Lipinski definition) is 1. The van der Waals surface area contributed by atoms with Gasteiger partial charge in [0.05, 0.1) is 0 Å². The van der Waals surface area contributed by atoms with E-state index in [0.717, 1.165) is 29.3 Å². The third-order valence-corrected chi connectivity index (χ3v) is 3.84. The number of amides is 2. The monoisotopic (exact) mass is 307 g/mol. The molecule has 23 heavy (non-hydrogen) atoms. The van der Waals surface area contributed by atoms with E-state index < -0.39 is 0 Å². The molecule has 3 N–H and O–H groups in total. The number of hydrogen-bond donors (Lipinski definition) is 3. The van der Waals surface area contributed by atoms with E-state index in [1.54, 1.807) is 0 Å². The van der Waals surface area contributed by atoms with Crippen LogP contribution in [0.3, 0.4) is 0 Å². The molecule has 0 aliphatic carbocycles. The molecule has 1 aromatic heterocycles. The standard InChI is InChI=1S/C19H21N3O/c23-19(21-11-4-7-15-5-2-1-3-6-15)22-14-16-8-9-18-17(13-16)10-12-20-18/h1-3,5-6,8-10,12-13,20H,4,7,11,14H2,(H2,21,22,23). The highest BCUT2D eigenvalue weighted by Gasteiger charge is 2.01. The SMILES string of the molecule is O=C(NCCCc1ccccc1)NCc1ccc2[nH]ccc2c1. The largest absolute Gasteiger partial charge is 0.361 e. The van der Waals surface area contributed by atoms with Gasteiger partial charge in [-0.2, -0.15) is 0 Å². The highest BCUT2D eigenvalue weighted by molar-refractivity contribution is 5.80. The number of carbonyl (C=O) groups is 1. The maximum Gasteiger partial charge on any atom is 0.315 e. The van der Waals surface area contributed by atoms with Gasteiger partial charge in [0.1, 0.15) is 0 Å². The molecule has 2 aromatic carbocycles. The molecule has 1 heterocycles. The van der Waals surface area contributed by atoms with Crippen molar-refractivity contribution in [2.24, 2.45) is 0 Å². The lowest BCUT2D eigenvalue weighted by Crippen LogP contribution is -2.35.